The Bertz CT molecular complexity index is 741. The maximum atomic E-state index is 6.20. The first-order valence-corrected chi connectivity index (χ1v) is 8.44. The molecule has 1 atom stereocenters. The van der Waals surface area contributed by atoms with Crippen molar-refractivity contribution in [2.24, 2.45) is 0 Å². The summed E-state index contributed by atoms with van der Waals surface area (Å²) < 4.78 is 17.2. The molecule has 6 heteroatoms. The fraction of sp³-hybridized carbons (Fsp3) is 0.556. The second-order valence-corrected chi connectivity index (χ2v) is 7.18. The molecule has 3 heterocycles. The number of rotatable bonds is 3. The van der Waals surface area contributed by atoms with Crippen LogP contribution in [-0.4, -0.2) is 40.4 Å². The third-order valence-corrected chi connectivity index (χ3v) is 4.61. The van der Waals surface area contributed by atoms with Gasteiger partial charge in [-0.25, -0.2) is 0 Å². The van der Waals surface area contributed by atoms with E-state index in [1.165, 1.54) is 11.1 Å². The Balaban J connectivity index is 1.59. The molecule has 1 saturated heterocycles. The second-order valence-electron chi connectivity index (χ2n) is 7.18. The van der Waals surface area contributed by atoms with Crippen molar-refractivity contribution < 1.29 is 14.0 Å². The number of aromatic nitrogens is 2. The fourth-order valence-electron chi connectivity index (χ4n) is 3.53. The Labute approximate surface area is 141 Å². The van der Waals surface area contributed by atoms with Crippen LogP contribution in [0, 0.1) is 6.92 Å². The standard InChI is InChI=1S/C18H23N3O3/c1-12-19-17(24-20-12)15-11-22-8-7-21(15)10-14-6-4-5-13-9-18(2,3)23-16(13)14/h4-6,15H,7-11H2,1-3H3/t15-/m0/s1. The smallest absolute Gasteiger partial charge is 0.246 e. The molecule has 0 radical (unpaired) electrons. The van der Waals surface area contributed by atoms with Crippen molar-refractivity contribution in [3.05, 3.63) is 41.0 Å². The number of nitrogens with zero attached hydrogens (tertiary/aromatic N) is 3. The predicted octanol–water partition coefficient (Wildman–Crippen LogP) is 2.67. The Kier molecular flexibility index (Phi) is 3.81. The molecule has 1 aromatic carbocycles. The van der Waals surface area contributed by atoms with Gasteiger partial charge >= 0.3 is 0 Å². The summed E-state index contributed by atoms with van der Waals surface area (Å²) in [6, 6.07) is 6.41. The van der Waals surface area contributed by atoms with E-state index in [1.54, 1.807) is 0 Å². The third-order valence-electron chi connectivity index (χ3n) is 4.61. The van der Waals surface area contributed by atoms with E-state index in [4.69, 9.17) is 14.0 Å². The molecule has 0 unspecified atom stereocenters. The van der Waals surface area contributed by atoms with Crippen molar-refractivity contribution >= 4 is 0 Å². The molecule has 2 aliphatic rings. The molecule has 128 valence electrons. The number of aryl methyl sites for hydroxylation is 1. The first kappa shape index (κ1) is 15.6. The normalized spacial score (nSPS) is 23.0. The molecule has 2 aliphatic heterocycles. The molecule has 0 spiro atoms. The van der Waals surface area contributed by atoms with Gasteiger partial charge in [0.05, 0.1) is 13.2 Å². The van der Waals surface area contributed by atoms with Gasteiger partial charge in [0.2, 0.25) is 5.89 Å². The number of hydrogen-bond acceptors (Lipinski definition) is 6. The highest BCUT2D eigenvalue weighted by Gasteiger charge is 2.34. The Morgan fingerprint density at radius 1 is 1.33 bits per heavy atom. The first-order chi connectivity index (χ1) is 11.5. The van der Waals surface area contributed by atoms with Crippen LogP contribution in [0.15, 0.2) is 22.7 Å². The summed E-state index contributed by atoms with van der Waals surface area (Å²) in [5, 5.41) is 3.92. The van der Waals surface area contributed by atoms with E-state index in [0.29, 0.717) is 24.9 Å². The molecular formula is C18H23N3O3. The highest BCUT2D eigenvalue weighted by atomic mass is 16.5. The molecule has 1 fully saturated rings. The fourth-order valence-corrected chi connectivity index (χ4v) is 3.53. The summed E-state index contributed by atoms with van der Waals surface area (Å²) in [5.41, 5.74) is 2.36. The molecule has 0 amide bonds. The van der Waals surface area contributed by atoms with E-state index in [9.17, 15) is 0 Å². The summed E-state index contributed by atoms with van der Waals surface area (Å²) in [7, 11) is 0. The van der Waals surface area contributed by atoms with Crippen molar-refractivity contribution in [2.45, 2.75) is 45.4 Å². The maximum absolute atomic E-state index is 6.20. The number of fused-ring (bicyclic) bond motifs is 1. The van der Waals surface area contributed by atoms with Crippen molar-refractivity contribution in [1.82, 2.24) is 15.0 Å². The number of morpholine rings is 1. The predicted molar refractivity (Wildman–Crippen MR) is 87.9 cm³/mol. The lowest BCUT2D eigenvalue weighted by Gasteiger charge is -2.33. The van der Waals surface area contributed by atoms with Gasteiger partial charge in [0.1, 0.15) is 17.4 Å². The Morgan fingerprint density at radius 3 is 3.00 bits per heavy atom. The molecule has 0 saturated carbocycles. The van der Waals surface area contributed by atoms with Gasteiger partial charge in [-0.1, -0.05) is 23.4 Å². The van der Waals surface area contributed by atoms with E-state index in [0.717, 1.165) is 25.3 Å². The lowest BCUT2D eigenvalue weighted by atomic mass is 10.00. The number of hydrogen-bond donors (Lipinski definition) is 0. The lowest BCUT2D eigenvalue weighted by molar-refractivity contribution is -0.0245. The maximum Gasteiger partial charge on any atom is 0.246 e. The molecule has 0 bridgehead atoms. The van der Waals surface area contributed by atoms with Gasteiger partial charge in [0.15, 0.2) is 5.82 Å². The molecule has 0 N–H and O–H groups in total. The van der Waals surface area contributed by atoms with Crippen molar-refractivity contribution in [2.75, 3.05) is 19.8 Å². The average molecular weight is 329 g/mol. The average Bonchev–Trinajstić information content (AvgIpc) is 3.10. The monoisotopic (exact) mass is 329 g/mol. The molecule has 24 heavy (non-hydrogen) atoms. The summed E-state index contributed by atoms with van der Waals surface area (Å²) in [5.74, 6) is 2.32. The molecule has 4 rings (SSSR count). The zero-order chi connectivity index (χ0) is 16.7. The summed E-state index contributed by atoms with van der Waals surface area (Å²) in [4.78, 5) is 6.73. The van der Waals surface area contributed by atoms with Crippen LogP contribution in [0.4, 0.5) is 0 Å². The van der Waals surface area contributed by atoms with Crippen LogP contribution in [0.3, 0.4) is 0 Å². The van der Waals surface area contributed by atoms with Crippen LogP contribution in [-0.2, 0) is 17.7 Å². The van der Waals surface area contributed by atoms with Gasteiger partial charge < -0.3 is 14.0 Å². The molecule has 1 aromatic heterocycles. The van der Waals surface area contributed by atoms with E-state index >= 15 is 0 Å². The number of ether oxygens (including phenoxy) is 2. The van der Waals surface area contributed by atoms with Crippen LogP contribution in [0.5, 0.6) is 5.75 Å². The molecule has 6 nitrogen and oxygen atoms in total. The van der Waals surface area contributed by atoms with Crippen molar-refractivity contribution in [3.8, 4) is 5.75 Å². The minimum absolute atomic E-state index is 0.00906. The minimum Gasteiger partial charge on any atom is -0.487 e. The van der Waals surface area contributed by atoms with E-state index in [2.05, 4.69) is 47.1 Å². The highest BCUT2D eigenvalue weighted by molar-refractivity contribution is 5.45. The van der Waals surface area contributed by atoms with E-state index in [1.807, 2.05) is 6.92 Å². The van der Waals surface area contributed by atoms with E-state index in [-0.39, 0.29) is 11.6 Å². The lowest BCUT2D eigenvalue weighted by Crippen LogP contribution is -2.39. The van der Waals surface area contributed by atoms with Crippen LogP contribution < -0.4 is 4.74 Å². The van der Waals surface area contributed by atoms with Gasteiger partial charge in [0.25, 0.3) is 0 Å². The van der Waals surface area contributed by atoms with Crippen LogP contribution >= 0.6 is 0 Å². The zero-order valence-electron chi connectivity index (χ0n) is 14.4. The third kappa shape index (κ3) is 2.91. The Morgan fingerprint density at radius 2 is 2.21 bits per heavy atom. The Hall–Kier alpha value is -1.92. The van der Waals surface area contributed by atoms with Crippen molar-refractivity contribution in [1.29, 1.82) is 0 Å². The largest absolute Gasteiger partial charge is 0.487 e. The summed E-state index contributed by atoms with van der Waals surface area (Å²) in [6.07, 6.45) is 0.950. The zero-order valence-corrected chi connectivity index (χ0v) is 14.4. The van der Waals surface area contributed by atoms with Crippen LogP contribution in [0.25, 0.3) is 0 Å². The minimum atomic E-state index is -0.132. The van der Waals surface area contributed by atoms with Gasteiger partial charge in [0, 0.05) is 25.1 Å². The van der Waals surface area contributed by atoms with Crippen LogP contribution in [0.2, 0.25) is 0 Å². The van der Waals surface area contributed by atoms with Gasteiger partial charge in [-0.3, -0.25) is 4.90 Å². The topological polar surface area (TPSA) is 60.6 Å². The summed E-state index contributed by atoms with van der Waals surface area (Å²) in [6.45, 7) is 9.01. The highest BCUT2D eigenvalue weighted by Crippen LogP contribution is 2.39. The number of para-hydroxylation sites is 1. The molecule has 0 aliphatic carbocycles. The second kappa shape index (κ2) is 5.86. The number of benzene rings is 1. The van der Waals surface area contributed by atoms with Crippen LogP contribution in [0.1, 0.15) is 42.7 Å². The summed E-state index contributed by atoms with van der Waals surface area (Å²) >= 11 is 0. The SMILES string of the molecule is Cc1noc([C@@H]2COCCN2Cc2cccc3c2OC(C)(C)C3)n1. The van der Waals surface area contributed by atoms with Gasteiger partial charge in [-0.2, -0.15) is 4.98 Å². The first-order valence-electron chi connectivity index (χ1n) is 8.44. The van der Waals surface area contributed by atoms with E-state index < -0.39 is 0 Å². The van der Waals surface area contributed by atoms with Gasteiger partial charge in [-0.15, -0.1) is 0 Å². The molecule has 2 aromatic rings. The molecular weight excluding hydrogens is 306 g/mol. The quantitative estimate of drug-likeness (QED) is 0.863. The van der Waals surface area contributed by atoms with Gasteiger partial charge in [-0.05, 0) is 26.3 Å². The van der Waals surface area contributed by atoms with Crippen molar-refractivity contribution in [3.63, 3.8) is 0 Å².